The summed E-state index contributed by atoms with van der Waals surface area (Å²) in [5.41, 5.74) is 7.09. The molecule has 1 heterocycles. The maximum absolute atomic E-state index is 13.2. The normalized spacial score (nSPS) is 11.8. The van der Waals surface area contributed by atoms with Gasteiger partial charge in [0.05, 0.1) is 10.4 Å². The van der Waals surface area contributed by atoms with E-state index in [1.165, 1.54) is 28.8 Å². The Morgan fingerprint density at radius 3 is 2.44 bits per heavy atom. The molecule has 0 aliphatic rings. The molecule has 0 bridgehead atoms. The molecule has 6 nitrogen and oxygen atoms in total. The van der Waals surface area contributed by atoms with Crippen LogP contribution in [-0.2, 0) is 21.2 Å². The molecule has 8 heteroatoms. The van der Waals surface area contributed by atoms with E-state index in [4.69, 9.17) is 22.4 Å². The van der Waals surface area contributed by atoms with Crippen LogP contribution in [0.5, 0.6) is 0 Å². The highest BCUT2D eigenvalue weighted by atomic mass is 35.5. The number of aliphatic carboxylic acids is 1. The Kier molecular flexibility index (Phi) is 4.22. The number of fused-ring (bicyclic) bond motifs is 1. The summed E-state index contributed by atoms with van der Waals surface area (Å²) in [5, 5.41) is 9.91. The van der Waals surface area contributed by atoms with Crippen molar-refractivity contribution in [2.24, 2.45) is 0 Å². The van der Waals surface area contributed by atoms with Gasteiger partial charge in [-0.2, -0.15) is 0 Å². The van der Waals surface area contributed by atoms with Gasteiger partial charge in [-0.25, -0.2) is 8.42 Å². The fourth-order valence-corrected chi connectivity index (χ4v) is 4.76. The molecule has 0 atom stereocenters. The Morgan fingerprint density at radius 2 is 1.84 bits per heavy atom. The van der Waals surface area contributed by atoms with Crippen molar-refractivity contribution in [3.63, 3.8) is 0 Å². The highest BCUT2D eigenvalue weighted by molar-refractivity contribution is 7.91. The number of nitrogens with zero attached hydrogens (tertiary/aromatic N) is 1. The third-order valence-electron chi connectivity index (χ3n) is 4.01. The summed E-state index contributed by atoms with van der Waals surface area (Å²) < 4.78 is 27.8. The molecule has 3 N–H and O–H groups in total. The molecule has 3 aromatic rings. The smallest absolute Gasteiger partial charge is 0.323 e. The predicted octanol–water partition coefficient (Wildman–Crippen LogP) is 3.10. The molecule has 0 saturated heterocycles. The van der Waals surface area contributed by atoms with Crippen LogP contribution in [0.2, 0.25) is 5.02 Å². The van der Waals surface area contributed by atoms with E-state index in [2.05, 4.69) is 0 Å². The highest BCUT2D eigenvalue weighted by Gasteiger charge is 2.28. The molecule has 0 amide bonds. The van der Waals surface area contributed by atoms with Gasteiger partial charge in [0.25, 0.3) is 0 Å². The standard InChI is InChI=1S/C17H15ClN2O4S/c1-10-17(25(23,24)12-7-5-11(18)6-8-12)16-13(19)3-2-4-14(16)20(10)9-15(21)22/h2-8H,9,19H2,1H3,(H,21,22). The first-order valence-electron chi connectivity index (χ1n) is 7.33. The Hall–Kier alpha value is -2.51. The van der Waals surface area contributed by atoms with Crippen LogP contribution in [0.1, 0.15) is 5.69 Å². The zero-order valence-electron chi connectivity index (χ0n) is 13.2. The van der Waals surface area contributed by atoms with E-state index >= 15 is 0 Å². The number of aromatic nitrogens is 1. The zero-order valence-corrected chi connectivity index (χ0v) is 14.8. The van der Waals surface area contributed by atoms with Crippen LogP contribution >= 0.6 is 11.6 Å². The zero-order chi connectivity index (χ0) is 18.4. The lowest BCUT2D eigenvalue weighted by atomic mass is 10.2. The minimum absolute atomic E-state index is 0.0178. The first-order valence-corrected chi connectivity index (χ1v) is 9.19. The van der Waals surface area contributed by atoms with Crippen LogP contribution in [0.3, 0.4) is 0 Å². The topological polar surface area (TPSA) is 102 Å². The lowest BCUT2D eigenvalue weighted by Gasteiger charge is -2.07. The quantitative estimate of drug-likeness (QED) is 0.679. The van der Waals surface area contributed by atoms with Crippen molar-refractivity contribution in [3.8, 4) is 0 Å². The van der Waals surface area contributed by atoms with Crippen LogP contribution in [0.4, 0.5) is 5.69 Å². The van der Waals surface area contributed by atoms with Crippen molar-refractivity contribution in [1.82, 2.24) is 4.57 Å². The highest BCUT2D eigenvalue weighted by Crippen LogP contribution is 2.37. The molecule has 0 unspecified atom stereocenters. The number of sulfone groups is 1. The minimum Gasteiger partial charge on any atom is -0.480 e. The second-order valence-corrected chi connectivity index (χ2v) is 7.92. The number of hydrogen-bond acceptors (Lipinski definition) is 4. The summed E-state index contributed by atoms with van der Waals surface area (Å²) in [5.74, 6) is -1.07. The molecule has 0 radical (unpaired) electrons. The molecule has 0 aliphatic carbocycles. The molecular formula is C17H15ClN2O4S. The Bertz CT molecular complexity index is 1090. The van der Waals surface area contributed by atoms with Gasteiger partial charge in [-0.3, -0.25) is 4.79 Å². The Balaban J connectivity index is 2.38. The van der Waals surface area contributed by atoms with Gasteiger partial charge < -0.3 is 15.4 Å². The number of hydrogen-bond donors (Lipinski definition) is 2. The third kappa shape index (κ3) is 2.85. The Labute approximate surface area is 149 Å². The monoisotopic (exact) mass is 378 g/mol. The predicted molar refractivity (Wildman–Crippen MR) is 95.6 cm³/mol. The maximum atomic E-state index is 13.2. The van der Waals surface area contributed by atoms with E-state index in [0.29, 0.717) is 21.6 Å². The van der Waals surface area contributed by atoms with E-state index in [1.807, 2.05) is 0 Å². The number of carboxylic acids is 1. The maximum Gasteiger partial charge on any atom is 0.323 e. The van der Waals surface area contributed by atoms with Gasteiger partial charge in [0.15, 0.2) is 0 Å². The summed E-state index contributed by atoms with van der Waals surface area (Å²) >= 11 is 5.84. The molecule has 3 rings (SSSR count). The van der Waals surface area contributed by atoms with Gasteiger partial charge in [0.2, 0.25) is 9.84 Å². The van der Waals surface area contributed by atoms with Crippen molar-refractivity contribution in [2.45, 2.75) is 23.3 Å². The molecule has 130 valence electrons. The summed E-state index contributed by atoms with van der Waals surface area (Å²) in [7, 11) is -3.90. The summed E-state index contributed by atoms with van der Waals surface area (Å²) in [4.78, 5) is 11.3. The minimum atomic E-state index is -3.90. The average Bonchev–Trinajstić information content (AvgIpc) is 2.82. The van der Waals surface area contributed by atoms with Gasteiger partial charge in [0.1, 0.15) is 11.4 Å². The number of nitrogen functional groups attached to an aromatic ring is 1. The first-order chi connectivity index (χ1) is 11.7. The number of rotatable bonds is 4. The van der Waals surface area contributed by atoms with Gasteiger partial charge in [0, 0.05) is 21.8 Å². The van der Waals surface area contributed by atoms with Crippen LogP contribution in [0.15, 0.2) is 52.3 Å². The fraction of sp³-hybridized carbons (Fsp3) is 0.118. The van der Waals surface area contributed by atoms with E-state index in [1.54, 1.807) is 25.1 Å². The van der Waals surface area contributed by atoms with Crippen LogP contribution in [0, 0.1) is 6.92 Å². The van der Waals surface area contributed by atoms with Crippen molar-refractivity contribution in [3.05, 3.63) is 53.2 Å². The molecule has 0 spiro atoms. The SMILES string of the molecule is Cc1c(S(=O)(=O)c2ccc(Cl)cc2)c2c(N)cccc2n1CC(=O)O. The van der Waals surface area contributed by atoms with E-state index in [9.17, 15) is 13.2 Å². The fourth-order valence-electron chi connectivity index (χ4n) is 2.91. The number of carbonyl (C=O) groups is 1. The molecular weight excluding hydrogens is 364 g/mol. The van der Waals surface area contributed by atoms with Gasteiger partial charge in [-0.1, -0.05) is 17.7 Å². The molecule has 0 fully saturated rings. The number of carboxylic acid groups (broad SMARTS) is 1. The van der Waals surface area contributed by atoms with Crippen molar-refractivity contribution in [2.75, 3.05) is 5.73 Å². The largest absolute Gasteiger partial charge is 0.480 e. The lowest BCUT2D eigenvalue weighted by molar-refractivity contribution is -0.137. The number of anilines is 1. The number of halogens is 1. The van der Waals surface area contributed by atoms with E-state index in [0.717, 1.165) is 0 Å². The van der Waals surface area contributed by atoms with Gasteiger partial charge in [-0.05, 0) is 43.3 Å². The first kappa shape index (κ1) is 17.3. The van der Waals surface area contributed by atoms with E-state index < -0.39 is 15.8 Å². The lowest BCUT2D eigenvalue weighted by Crippen LogP contribution is -2.11. The van der Waals surface area contributed by atoms with Gasteiger partial charge in [-0.15, -0.1) is 0 Å². The van der Waals surface area contributed by atoms with Crippen LogP contribution in [-0.4, -0.2) is 24.1 Å². The summed E-state index contributed by atoms with van der Waals surface area (Å²) in [6.45, 7) is 1.22. The second kappa shape index (κ2) is 6.09. The second-order valence-electron chi connectivity index (χ2n) is 5.59. The molecule has 25 heavy (non-hydrogen) atoms. The van der Waals surface area contributed by atoms with Gasteiger partial charge >= 0.3 is 5.97 Å². The number of nitrogens with two attached hydrogens (primary N) is 1. The van der Waals surface area contributed by atoms with Crippen molar-refractivity contribution >= 4 is 44.0 Å². The molecule has 0 aliphatic heterocycles. The summed E-state index contributed by atoms with van der Waals surface area (Å²) in [6, 6.07) is 10.7. The Morgan fingerprint density at radius 1 is 1.20 bits per heavy atom. The van der Waals surface area contributed by atoms with Crippen LogP contribution < -0.4 is 5.73 Å². The molecule has 0 saturated carbocycles. The van der Waals surface area contributed by atoms with Crippen LogP contribution in [0.25, 0.3) is 10.9 Å². The molecule has 2 aromatic carbocycles. The van der Waals surface area contributed by atoms with Crippen molar-refractivity contribution in [1.29, 1.82) is 0 Å². The summed E-state index contributed by atoms with van der Waals surface area (Å²) in [6.07, 6.45) is 0. The van der Waals surface area contributed by atoms with Crippen molar-refractivity contribution < 1.29 is 18.3 Å². The average molecular weight is 379 g/mol. The van der Waals surface area contributed by atoms with E-state index in [-0.39, 0.29) is 22.0 Å². The third-order valence-corrected chi connectivity index (χ3v) is 6.19. The molecule has 1 aromatic heterocycles. The number of benzene rings is 2.